The fourth-order valence-corrected chi connectivity index (χ4v) is 4.98. The Morgan fingerprint density at radius 1 is 0.971 bits per heavy atom. The second kappa shape index (κ2) is 9.58. The molecule has 0 aromatic heterocycles. The molecular weight excluding hydrogens is 454 g/mol. The standard InChI is InChI=1S/C26H29NO8/c1-25-21(13-22(28)35-25)23(29)27(14-17-5-9-19(31-2)10-6-17)26(25,24(30)33-4)16-34-15-18-7-11-20(32-3)12-8-18/h5-12,21H,13-16H2,1-4H3/t21-,25-,26-/m0/s1. The van der Waals surface area contributed by atoms with E-state index in [-0.39, 0.29) is 32.1 Å². The maximum Gasteiger partial charge on any atom is 0.338 e. The highest BCUT2D eigenvalue weighted by Gasteiger charge is 2.75. The molecule has 0 aliphatic carbocycles. The molecule has 35 heavy (non-hydrogen) atoms. The predicted octanol–water partition coefficient (Wildman–Crippen LogP) is 2.50. The Bertz CT molecular complexity index is 1100. The van der Waals surface area contributed by atoms with E-state index in [4.69, 9.17) is 23.7 Å². The highest BCUT2D eigenvalue weighted by atomic mass is 16.6. The van der Waals surface area contributed by atoms with Crippen LogP contribution >= 0.6 is 0 Å². The zero-order chi connectivity index (χ0) is 25.2. The van der Waals surface area contributed by atoms with Gasteiger partial charge in [-0.2, -0.15) is 0 Å². The fraction of sp³-hybridized carbons (Fsp3) is 0.423. The number of ether oxygens (including phenoxy) is 5. The monoisotopic (exact) mass is 483 g/mol. The molecule has 1 amide bonds. The van der Waals surface area contributed by atoms with E-state index in [1.165, 1.54) is 12.0 Å². The van der Waals surface area contributed by atoms with E-state index in [2.05, 4.69) is 0 Å². The van der Waals surface area contributed by atoms with Crippen LogP contribution < -0.4 is 9.47 Å². The van der Waals surface area contributed by atoms with Crippen molar-refractivity contribution >= 4 is 17.8 Å². The van der Waals surface area contributed by atoms with Crippen molar-refractivity contribution in [2.75, 3.05) is 27.9 Å². The highest BCUT2D eigenvalue weighted by molar-refractivity contribution is 6.00. The van der Waals surface area contributed by atoms with Gasteiger partial charge < -0.3 is 28.6 Å². The number of likely N-dealkylation sites (tertiary alicyclic amines) is 1. The van der Waals surface area contributed by atoms with Crippen molar-refractivity contribution in [2.24, 2.45) is 5.92 Å². The summed E-state index contributed by atoms with van der Waals surface area (Å²) in [5.74, 6) is -1.03. The Kier molecular flexibility index (Phi) is 6.71. The summed E-state index contributed by atoms with van der Waals surface area (Å²) >= 11 is 0. The normalized spacial score (nSPS) is 25.3. The predicted molar refractivity (Wildman–Crippen MR) is 124 cm³/mol. The van der Waals surface area contributed by atoms with E-state index in [0.29, 0.717) is 11.5 Å². The lowest BCUT2D eigenvalue weighted by molar-refractivity contribution is -0.186. The SMILES string of the molecule is COC(=O)[C@]1(COCc2ccc(OC)cc2)N(Cc2ccc(OC)cc2)C(=O)[C@@H]2CC(=O)O[C@@]21C. The number of nitrogens with zero attached hydrogens (tertiary/aromatic N) is 1. The first kappa shape index (κ1) is 24.5. The Morgan fingerprint density at radius 2 is 1.54 bits per heavy atom. The van der Waals surface area contributed by atoms with E-state index in [0.717, 1.165) is 11.1 Å². The van der Waals surface area contributed by atoms with Gasteiger partial charge >= 0.3 is 11.9 Å². The van der Waals surface area contributed by atoms with Crippen molar-refractivity contribution in [1.29, 1.82) is 0 Å². The third-order valence-electron chi connectivity index (χ3n) is 6.97. The topological polar surface area (TPSA) is 101 Å². The van der Waals surface area contributed by atoms with Crippen LogP contribution in [0.5, 0.6) is 11.5 Å². The number of benzene rings is 2. The Balaban J connectivity index is 1.68. The summed E-state index contributed by atoms with van der Waals surface area (Å²) in [7, 11) is 4.40. The quantitative estimate of drug-likeness (QED) is 0.502. The van der Waals surface area contributed by atoms with Crippen LogP contribution in [0.2, 0.25) is 0 Å². The molecule has 9 heteroatoms. The van der Waals surface area contributed by atoms with Gasteiger partial charge in [0, 0.05) is 6.54 Å². The van der Waals surface area contributed by atoms with Gasteiger partial charge in [0.1, 0.15) is 11.5 Å². The summed E-state index contributed by atoms with van der Waals surface area (Å²) in [5, 5.41) is 0. The van der Waals surface area contributed by atoms with Crippen LogP contribution in [0.15, 0.2) is 48.5 Å². The summed E-state index contributed by atoms with van der Waals surface area (Å²) < 4.78 is 27.3. The molecule has 0 N–H and O–H groups in total. The number of carbonyl (C=O) groups excluding carboxylic acids is 3. The van der Waals surface area contributed by atoms with Crippen molar-refractivity contribution in [3.63, 3.8) is 0 Å². The molecule has 2 aromatic rings. The van der Waals surface area contributed by atoms with Gasteiger partial charge in [0.25, 0.3) is 0 Å². The maximum atomic E-state index is 13.6. The van der Waals surface area contributed by atoms with Crippen molar-refractivity contribution in [3.05, 3.63) is 59.7 Å². The lowest BCUT2D eigenvalue weighted by atomic mass is 9.76. The third kappa shape index (κ3) is 4.10. The molecule has 0 spiro atoms. The molecule has 2 heterocycles. The van der Waals surface area contributed by atoms with Crippen LogP contribution in [-0.4, -0.2) is 61.8 Å². The van der Waals surface area contributed by atoms with E-state index in [1.54, 1.807) is 45.4 Å². The van der Waals surface area contributed by atoms with Crippen molar-refractivity contribution < 1.29 is 38.1 Å². The second-order valence-corrected chi connectivity index (χ2v) is 8.80. The summed E-state index contributed by atoms with van der Waals surface area (Å²) in [6.45, 7) is 1.67. The molecule has 2 aliphatic heterocycles. The number of carbonyl (C=O) groups is 3. The number of fused-ring (bicyclic) bond motifs is 1. The third-order valence-corrected chi connectivity index (χ3v) is 6.97. The van der Waals surface area contributed by atoms with Crippen LogP contribution in [0.25, 0.3) is 0 Å². The van der Waals surface area contributed by atoms with Crippen molar-refractivity contribution in [1.82, 2.24) is 4.90 Å². The molecule has 2 aliphatic rings. The number of rotatable bonds is 9. The second-order valence-electron chi connectivity index (χ2n) is 8.80. The maximum absolute atomic E-state index is 13.6. The van der Waals surface area contributed by atoms with Crippen molar-refractivity contribution in [2.45, 2.75) is 37.6 Å². The molecule has 0 bridgehead atoms. The largest absolute Gasteiger partial charge is 0.497 e. The van der Waals surface area contributed by atoms with Gasteiger partial charge in [-0.1, -0.05) is 24.3 Å². The van der Waals surface area contributed by atoms with Crippen LogP contribution in [0, 0.1) is 5.92 Å². The first-order chi connectivity index (χ1) is 16.8. The molecular formula is C26H29NO8. The average molecular weight is 484 g/mol. The number of amides is 1. The number of esters is 2. The Morgan fingerprint density at radius 3 is 2.09 bits per heavy atom. The van der Waals surface area contributed by atoms with Gasteiger partial charge in [-0.05, 0) is 42.3 Å². The molecule has 2 fully saturated rings. The molecule has 4 rings (SSSR count). The van der Waals surface area contributed by atoms with E-state index in [9.17, 15) is 14.4 Å². The summed E-state index contributed by atoms with van der Waals surface area (Å²) in [4.78, 5) is 40.8. The minimum Gasteiger partial charge on any atom is -0.497 e. The number of hydrogen-bond donors (Lipinski definition) is 0. The van der Waals surface area contributed by atoms with Gasteiger partial charge in [-0.3, -0.25) is 9.59 Å². The van der Waals surface area contributed by atoms with Crippen LogP contribution in [0.1, 0.15) is 24.5 Å². The number of methoxy groups -OCH3 is 3. The first-order valence-electron chi connectivity index (χ1n) is 11.2. The molecule has 186 valence electrons. The van der Waals surface area contributed by atoms with Crippen LogP contribution in [0.4, 0.5) is 0 Å². The zero-order valence-corrected chi connectivity index (χ0v) is 20.2. The van der Waals surface area contributed by atoms with Gasteiger partial charge in [0.05, 0.1) is 46.9 Å². The molecule has 0 unspecified atom stereocenters. The first-order valence-corrected chi connectivity index (χ1v) is 11.2. The molecule has 0 radical (unpaired) electrons. The highest BCUT2D eigenvalue weighted by Crippen LogP contribution is 2.52. The Labute approximate surface area is 203 Å². The zero-order valence-electron chi connectivity index (χ0n) is 20.2. The van der Waals surface area contributed by atoms with Gasteiger partial charge in [0.2, 0.25) is 11.4 Å². The van der Waals surface area contributed by atoms with E-state index < -0.39 is 29.0 Å². The van der Waals surface area contributed by atoms with Crippen LogP contribution in [-0.2, 0) is 41.7 Å². The fourth-order valence-electron chi connectivity index (χ4n) is 4.98. The molecule has 2 saturated heterocycles. The average Bonchev–Trinajstić information content (AvgIpc) is 3.27. The number of hydrogen-bond acceptors (Lipinski definition) is 8. The van der Waals surface area contributed by atoms with Gasteiger partial charge in [-0.15, -0.1) is 0 Å². The van der Waals surface area contributed by atoms with E-state index >= 15 is 0 Å². The van der Waals surface area contributed by atoms with Gasteiger partial charge in [-0.25, -0.2) is 4.79 Å². The van der Waals surface area contributed by atoms with Gasteiger partial charge in [0.15, 0.2) is 5.60 Å². The minimum absolute atomic E-state index is 0.105. The smallest absolute Gasteiger partial charge is 0.338 e. The summed E-state index contributed by atoms with van der Waals surface area (Å²) in [6, 6.07) is 14.5. The van der Waals surface area contributed by atoms with Crippen molar-refractivity contribution in [3.8, 4) is 11.5 Å². The lowest BCUT2D eigenvalue weighted by Gasteiger charge is -2.43. The summed E-state index contributed by atoms with van der Waals surface area (Å²) in [6.07, 6.45) is -0.105. The molecule has 2 aromatic carbocycles. The van der Waals surface area contributed by atoms with Crippen LogP contribution in [0.3, 0.4) is 0 Å². The Hall–Kier alpha value is -3.59. The minimum atomic E-state index is -1.66. The lowest BCUT2D eigenvalue weighted by Crippen LogP contribution is -2.66. The molecule has 9 nitrogen and oxygen atoms in total. The van der Waals surface area contributed by atoms with E-state index in [1.807, 2.05) is 24.3 Å². The molecule has 0 saturated carbocycles. The summed E-state index contributed by atoms with van der Waals surface area (Å²) in [5.41, 5.74) is -1.48. The molecule has 3 atom stereocenters.